The number of anilines is 4. The summed E-state index contributed by atoms with van der Waals surface area (Å²) in [6, 6.07) is 19.7. The highest BCUT2D eigenvalue weighted by atomic mass is 35.5. The van der Waals surface area contributed by atoms with E-state index in [1.807, 2.05) is 35.2 Å². The molecule has 0 radical (unpaired) electrons. The Hall–Kier alpha value is -5.93. The first kappa shape index (κ1) is 50.0. The topological polar surface area (TPSA) is 185 Å². The van der Waals surface area contributed by atoms with Crippen molar-refractivity contribution in [1.29, 1.82) is 0 Å². The number of carbonyl (C=O) groups excluding carboxylic acids is 1. The van der Waals surface area contributed by atoms with E-state index in [2.05, 4.69) is 24.8 Å². The number of halogens is 4. The lowest BCUT2D eigenvalue weighted by Gasteiger charge is -2.38. The van der Waals surface area contributed by atoms with Crippen molar-refractivity contribution >= 4 is 72.6 Å². The molecule has 1 aliphatic carbocycles. The number of nitro benzene ring substituents is 1. The predicted octanol–water partition coefficient (Wildman–Crippen LogP) is 9.35. The second kappa shape index (κ2) is 20.7. The summed E-state index contributed by atoms with van der Waals surface area (Å²) in [6.45, 7) is 7.72. The van der Waals surface area contributed by atoms with Crippen LogP contribution in [-0.4, -0.2) is 119 Å². The number of allylic oxidation sites excluding steroid dienone is 1. The molecule has 378 valence electrons. The number of piperazine rings is 1. The van der Waals surface area contributed by atoms with Crippen LogP contribution in [0.5, 0.6) is 5.88 Å². The van der Waals surface area contributed by atoms with Crippen molar-refractivity contribution < 1.29 is 45.5 Å². The highest BCUT2D eigenvalue weighted by Crippen LogP contribution is 2.51. The van der Waals surface area contributed by atoms with Gasteiger partial charge in [0, 0.05) is 74.2 Å². The van der Waals surface area contributed by atoms with Crippen LogP contribution in [-0.2, 0) is 19.5 Å². The van der Waals surface area contributed by atoms with Crippen LogP contribution in [0, 0.1) is 21.4 Å². The maximum Gasteiger partial charge on any atom is 0.394 e. The number of amides is 1. The minimum atomic E-state index is -4.66. The average Bonchev–Trinajstić information content (AvgIpc) is 3.57. The number of hydrogen-bond donors (Lipinski definition) is 3. The number of pyridine rings is 1. The number of H-pyrrole nitrogens is 1. The van der Waals surface area contributed by atoms with Gasteiger partial charge < -0.3 is 34.3 Å². The number of hydrogen-bond acceptors (Lipinski definition) is 13. The molecule has 3 N–H and O–H groups in total. The van der Waals surface area contributed by atoms with E-state index in [4.69, 9.17) is 30.8 Å². The third-order valence-corrected chi connectivity index (χ3v) is 15.7. The van der Waals surface area contributed by atoms with E-state index in [0.29, 0.717) is 126 Å². The molecule has 2 atom stereocenters. The molecule has 4 aliphatic rings. The van der Waals surface area contributed by atoms with E-state index in [9.17, 15) is 36.5 Å². The van der Waals surface area contributed by atoms with Crippen molar-refractivity contribution in [3.05, 3.63) is 111 Å². The van der Waals surface area contributed by atoms with Gasteiger partial charge in [-0.05, 0) is 104 Å². The maximum absolute atomic E-state index is 14.4. The molecule has 0 unspecified atom stereocenters. The third kappa shape index (κ3) is 11.0. The van der Waals surface area contributed by atoms with E-state index in [-0.39, 0.29) is 23.9 Å². The second-order valence-corrected chi connectivity index (χ2v) is 21.1. The zero-order chi connectivity index (χ0) is 50.1. The molecule has 0 bridgehead atoms. The number of fused-ring (bicyclic) bond motifs is 2. The number of nitrogens with one attached hydrogen (secondary N) is 3. The number of aromatic amines is 1. The molecule has 1 amide bonds. The van der Waals surface area contributed by atoms with Gasteiger partial charge in [-0.3, -0.25) is 19.8 Å². The Morgan fingerprint density at radius 3 is 2.48 bits per heavy atom. The molecule has 0 spiro atoms. The summed E-state index contributed by atoms with van der Waals surface area (Å²) in [5.41, 5.74) is 3.05. The molecule has 2 saturated heterocycles. The monoisotopic (exact) mass is 1020 g/mol. The summed E-state index contributed by atoms with van der Waals surface area (Å²) in [4.78, 5) is 39.7. The molecule has 9 rings (SSSR count). The van der Waals surface area contributed by atoms with Crippen molar-refractivity contribution in [2.75, 3.05) is 87.4 Å². The predicted molar refractivity (Wildman–Crippen MR) is 265 cm³/mol. The number of ether oxygens (including phenoxy) is 3. The Kier molecular flexibility index (Phi) is 14.6. The lowest BCUT2D eigenvalue weighted by Crippen LogP contribution is -2.47. The number of aromatic nitrogens is 2. The number of benzene rings is 3. The third-order valence-electron chi connectivity index (χ3n) is 14.2. The van der Waals surface area contributed by atoms with Gasteiger partial charge in [-0.2, -0.15) is 18.2 Å². The number of alkyl halides is 3. The first-order valence-electron chi connectivity index (χ1n) is 23.8. The molecule has 5 aromatic rings. The van der Waals surface area contributed by atoms with Crippen LogP contribution >= 0.6 is 11.6 Å². The number of nitrogens with zero attached hydrogens (tertiary/aromatic N) is 5. The summed E-state index contributed by atoms with van der Waals surface area (Å²) in [7, 11) is -4.66. The number of carbonyl (C=O) groups is 1. The lowest BCUT2D eigenvalue weighted by atomic mass is 9.72. The smallest absolute Gasteiger partial charge is 0.394 e. The Morgan fingerprint density at radius 1 is 0.958 bits per heavy atom. The number of sulfonamides is 1. The van der Waals surface area contributed by atoms with Crippen LogP contribution < -0.4 is 24.6 Å². The van der Waals surface area contributed by atoms with Gasteiger partial charge in [0.2, 0.25) is 5.88 Å². The van der Waals surface area contributed by atoms with Gasteiger partial charge in [-0.1, -0.05) is 43.2 Å². The maximum atomic E-state index is 14.4. The molecule has 16 nitrogen and oxygen atoms in total. The normalized spacial score (nSPS) is 19.7. The van der Waals surface area contributed by atoms with Crippen molar-refractivity contribution in [3.8, 4) is 5.88 Å². The van der Waals surface area contributed by atoms with Gasteiger partial charge in [-0.25, -0.2) is 13.1 Å². The molecule has 0 saturated carbocycles. The van der Waals surface area contributed by atoms with Crippen LogP contribution in [0.2, 0.25) is 5.02 Å². The Labute approximate surface area is 414 Å². The summed E-state index contributed by atoms with van der Waals surface area (Å²) in [5, 5.41) is 16.5. The van der Waals surface area contributed by atoms with Gasteiger partial charge in [0.05, 0.1) is 59.0 Å². The van der Waals surface area contributed by atoms with Crippen LogP contribution in [0.25, 0.3) is 16.6 Å². The SMILES string of the molecule is CC(C)([C@@H]1CCCC(CN2CCN(c3ccc(C(=O)NS(=O)(=O)c4ccc(NC[C@H]5COCCO5)c([N+](=O)[O-])c4)c(N4CCCOc5nc6[nH]ccc6cc54)c3)CC2)=C(c2ccc(Cl)cc2)C1)C(F)(F)F. The summed E-state index contributed by atoms with van der Waals surface area (Å²) in [6.07, 6.45) is -0.308. The zero-order valence-corrected chi connectivity index (χ0v) is 41.0. The van der Waals surface area contributed by atoms with Crippen LogP contribution in [0.15, 0.2) is 89.5 Å². The highest BCUT2D eigenvalue weighted by molar-refractivity contribution is 7.90. The summed E-state index contributed by atoms with van der Waals surface area (Å²) < 4.78 is 90.5. The number of nitro groups is 1. The number of rotatable bonds is 13. The minimum Gasteiger partial charge on any atom is -0.476 e. The molecule has 5 heterocycles. The molecule has 2 fully saturated rings. The van der Waals surface area contributed by atoms with Gasteiger partial charge >= 0.3 is 6.18 Å². The van der Waals surface area contributed by atoms with E-state index < -0.39 is 48.9 Å². The first-order chi connectivity index (χ1) is 33.9. The zero-order valence-electron chi connectivity index (χ0n) is 39.4. The van der Waals surface area contributed by atoms with E-state index in [0.717, 1.165) is 33.8 Å². The molecule has 3 aliphatic heterocycles. The lowest BCUT2D eigenvalue weighted by molar-refractivity contribution is -0.384. The van der Waals surface area contributed by atoms with Crippen LogP contribution in [0.1, 0.15) is 61.9 Å². The van der Waals surface area contributed by atoms with Crippen molar-refractivity contribution in [2.45, 2.75) is 63.1 Å². The van der Waals surface area contributed by atoms with Crippen LogP contribution in [0.4, 0.5) is 41.6 Å². The largest absolute Gasteiger partial charge is 0.476 e. The fourth-order valence-corrected chi connectivity index (χ4v) is 11.0. The summed E-state index contributed by atoms with van der Waals surface area (Å²) in [5.74, 6) is -1.21. The average molecular weight is 1020 g/mol. The fraction of sp³-hybridized carbons (Fsp3) is 0.440. The second-order valence-electron chi connectivity index (χ2n) is 19.0. The summed E-state index contributed by atoms with van der Waals surface area (Å²) >= 11 is 6.26. The van der Waals surface area contributed by atoms with Gasteiger partial charge in [0.1, 0.15) is 17.0 Å². The molecule has 71 heavy (non-hydrogen) atoms. The van der Waals surface area contributed by atoms with Crippen LogP contribution in [0.3, 0.4) is 0 Å². The van der Waals surface area contributed by atoms with Crippen molar-refractivity contribution in [3.63, 3.8) is 0 Å². The van der Waals surface area contributed by atoms with Crippen molar-refractivity contribution in [1.82, 2.24) is 19.6 Å². The molecular weight excluding hydrogens is 965 g/mol. The quantitative estimate of drug-likeness (QED) is 0.0750. The molecule has 2 aromatic heterocycles. The first-order valence-corrected chi connectivity index (χ1v) is 25.6. The van der Waals surface area contributed by atoms with Gasteiger partial charge in [-0.15, -0.1) is 0 Å². The van der Waals surface area contributed by atoms with E-state index in [1.165, 1.54) is 26.0 Å². The Bertz CT molecular complexity index is 2920. The molecule has 3 aromatic carbocycles. The minimum absolute atomic E-state index is 0.0301. The van der Waals surface area contributed by atoms with Gasteiger partial charge in [0.15, 0.2) is 0 Å². The van der Waals surface area contributed by atoms with Crippen molar-refractivity contribution in [2.24, 2.45) is 11.3 Å². The highest BCUT2D eigenvalue weighted by Gasteiger charge is 2.52. The standard InChI is InChI=1S/C50H56ClF3N8O8S/c1-49(2,50(52,53)54)35-6-3-5-34(41(26-35)32-7-9-36(51)10-8-32)30-59-18-20-60(21-19-59)37-11-13-40(43(27-37)61-17-4-22-70-48-45(61)25-33-15-16-55-46(33)57-48)47(63)58-71(66,67)39-12-14-42(44(28-39)62(64)65)56-29-38-31-68-23-24-69-38/h7-16,25,27-28,35,38,56H,3-6,17-24,26,29-31H2,1-2H3,(H,55,57)(H,58,63)/t35-,38+/m1/s1. The molecule has 21 heteroatoms. The Balaban J connectivity index is 0.986. The van der Waals surface area contributed by atoms with E-state index >= 15 is 0 Å². The molecular formula is C50H56ClF3N8O8S. The van der Waals surface area contributed by atoms with Gasteiger partial charge in [0.25, 0.3) is 21.6 Å². The Morgan fingerprint density at radius 2 is 1.75 bits per heavy atom. The van der Waals surface area contributed by atoms with E-state index in [1.54, 1.807) is 30.5 Å². The fourth-order valence-electron chi connectivity index (χ4n) is 9.88.